The number of ether oxygens (including phenoxy) is 1. The van der Waals surface area contributed by atoms with E-state index >= 15 is 0 Å². The van der Waals surface area contributed by atoms with E-state index < -0.39 is 12.1 Å². The lowest BCUT2D eigenvalue weighted by atomic mass is 10.4. The zero-order chi connectivity index (χ0) is 7.28. The maximum absolute atomic E-state index is 10.4. The molecule has 0 aromatic rings. The zero-order valence-electron chi connectivity index (χ0n) is 6.04. The fourth-order valence-corrected chi connectivity index (χ4v) is 0.262. The number of carbonyl (C=O) groups is 1. The normalized spacial score (nSPS) is 11.0. The fraction of sp³-hybridized carbons (Fsp3) is 0.500. The van der Waals surface area contributed by atoms with E-state index in [1.54, 1.807) is 0 Å². The van der Waals surface area contributed by atoms with Gasteiger partial charge in [-0.3, -0.25) is 0 Å². The van der Waals surface area contributed by atoms with Gasteiger partial charge in [0.05, 0.1) is 0 Å². The molecule has 0 aromatic heterocycles. The number of hydrogen-bond donors (Lipinski definition) is 2. The van der Waals surface area contributed by atoms with Crippen LogP contribution in [0.15, 0.2) is 12.7 Å². The lowest BCUT2D eigenvalue weighted by Crippen LogP contribution is -2.19. The average Bonchev–Trinajstić information content (AvgIpc) is 1.82. The van der Waals surface area contributed by atoms with E-state index in [-0.39, 0.29) is 12.8 Å². The number of aliphatic hydroxyl groups excluding tert-OH is 1. The minimum absolute atomic E-state index is 0. The highest BCUT2D eigenvalue weighted by atomic mass is 16.5. The molecule has 0 saturated heterocycles. The molecule has 1 unspecified atom stereocenters. The van der Waals surface area contributed by atoms with Gasteiger partial charge in [0.15, 0.2) is 0 Å². The van der Waals surface area contributed by atoms with Gasteiger partial charge < -0.3 is 16.0 Å². The average molecular weight is 147 g/mol. The number of rotatable bonds is 3. The first-order valence-corrected chi connectivity index (χ1v) is 2.64. The first-order chi connectivity index (χ1) is 4.18. The van der Waals surface area contributed by atoms with E-state index in [4.69, 9.17) is 5.11 Å². The summed E-state index contributed by atoms with van der Waals surface area (Å²) in [6, 6.07) is 0. The highest BCUT2D eigenvalue weighted by molar-refractivity contribution is 5.73. The number of hydrogen-bond acceptors (Lipinski definition) is 4. The molecule has 0 amide bonds. The van der Waals surface area contributed by atoms with E-state index in [1.165, 1.54) is 13.0 Å². The Balaban J connectivity index is 0. The van der Waals surface area contributed by atoms with Crippen molar-refractivity contribution in [3.05, 3.63) is 12.7 Å². The predicted octanol–water partition coefficient (Wildman–Crippen LogP) is 0.258. The van der Waals surface area contributed by atoms with Gasteiger partial charge in [-0.15, -0.1) is 0 Å². The SMILES string of the molecule is C=CCOC(=O)C(C)O.N. The third-order valence-electron chi connectivity index (χ3n) is 0.685. The summed E-state index contributed by atoms with van der Waals surface area (Å²) in [5.41, 5.74) is 0. The van der Waals surface area contributed by atoms with Crippen molar-refractivity contribution in [2.75, 3.05) is 6.61 Å². The van der Waals surface area contributed by atoms with Gasteiger partial charge in [-0.1, -0.05) is 12.7 Å². The summed E-state index contributed by atoms with van der Waals surface area (Å²) in [5, 5.41) is 8.54. The molecule has 1 atom stereocenters. The highest BCUT2D eigenvalue weighted by Crippen LogP contribution is 1.85. The molecule has 0 fully saturated rings. The molecule has 60 valence electrons. The summed E-state index contributed by atoms with van der Waals surface area (Å²) in [4.78, 5) is 10.4. The maximum atomic E-state index is 10.4. The number of esters is 1. The molecule has 0 rings (SSSR count). The van der Waals surface area contributed by atoms with Crippen LogP contribution in [0, 0.1) is 0 Å². The Labute approximate surface area is 60.1 Å². The Morgan fingerprint density at radius 3 is 2.70 bits per heavy atom. The van der Waals surface area contributed by atoms with E-state index in [1.807, 2.05) is 0 Å². The second-order valence-corrected chi connectivity index (χ2v) is 1.59. The molecular weight excluding hydrogens is 134 g/mol. The van der Waals surface area contributed by atoms with Gasteiger partial charge in [-0.25, -0.2) is 4.79 Å². The van der Waals surface area contributed by atoms with E-state index in [0.717, 1.165) is 0 Å². The smallest absolute Gasteiger partial charge is 0.334 e. The topological polar surface area (TPSA) is 81.5 Å². The van der Waals surface area contributed by atoms with Crippen LogP contribution in [-0.4, -0.2) is 23.8 Å². The number of aliphatic hydroxyl groups is 1. The molecule has 4 heteroatoms. The van der Waals surface area contributed by atoms with Crippen LogP contribution in [-0.2, 0) is 9.53 Å². The van der Waals surface area contributed by atoms with Gasteiger partial charge in [-0.05, 0) is 6.92 Å². The van der Waals surface area contributed by atoms with Gasteiger partial charge in [0.1, 0.15) is 12.7 Å². The molecule has 0 aliphatic carbocycles. The Hall–Kier alpha value is -0.870. The summed E-state index contributed by atoms with van der Waals surface area (Å²) >= 11 is 0. The summed E-state index contributed by atoms with van der Waals surface area (Å²) in [6.07, 6.45) is 0.408. The first kappa shape index (κ1) is 11.9. The molecule has 10 heavy (non-hydrogen) atoms. The van der Waals surface area contributed by atoms with Crippen LogP contribution < -0.4 is 6.15 Å². The summed E-state index contributed by atoms with van der Waals surface area (Å²) in [5.74, 6) is -0.616. The molecule has 4 nitrogen and oxygen atoms in total. The van der Waals surface area contributed by atoms with Gasteiger partial charge in [-0.2, -0.15) is 0 Å². The van der Waals surface area contributed by atoms with Gasteiger partial charge in [0.25, 0.3) is 0 Å². The van der Waals surface area contributed by atoms with Gasteiger partial charge >= 0.3 is 5.97 Å². The monoisotopic (exact) mass is 147 g/mol. The Morgan fingerprint density at radius 2 is 2.40 bits per heavy atom. The second-order valence-electron chi connectivity index (χ2n) is 1.59. The van der Waals surface area contributed by atoms with Crippen molar-refractivity contribution < 1.29 is 14.6 Å². The molecule has 0 aromatic carbocycles. The standard InChI is InChI=1S/C6H10O3.H3N/c1-3-4-9-6(8)5(2)7;/h3,5,7H,1,4H2,2H3;1H3. The van der Waals surface area contributed by atoms with Crippen molar-refractivity contribution in [3.63, 3.8) is 0 Å². The van der Waals surface area contributed by atoms with Gasteiger partial charge in [0.2, 0.25) is 0 Å². The highest BCUT2D eigenvalue weighted by Gasteiger charge is 2.07. The second kappa shape index (κ2) is 6.25. The molecule has 0 radical (unpaired) electrons. The molecule has 0 saturated carbocycles. The van der Waals surface area contributed by atoms with Crippen LogP contribution in [0.4, 0.5) is 0 Å². The zero-order valence-corrected chi connectivity index (χ0v) is 6.04. The molecule has 0 heterocycles. The van der Waals surface area contributed by atoms with Crippen LogP contribution in [0.3, 0.4) is 0 Å². The van der Waals surface area contributed by atoms with Crippen molar-refractivity contribution in [2.24, 2.45) is 0 Å². The van der Waals surface area contributed by atoms with Crippen LogP contribution >= 0.6 is 0 Å². The van der Waals surface area contributed by atoms with E-state index in [9.17, 15) is 4.79 Å². The lowest BCUT2D eigenvalue weighted by molar-refractivity contribution is -0.151. The maximum Gasteiger partial charge on any atom is 0.334 e. The van der Waals surface area contributed by atoms with Crippen molar-refractivity contribution >= 4 is 5.97 Å². The molecule has 0 bridgehead atoms. The third kappa shape index (κ3) is 5.27. The minimum atomic E-state index is -1.04. The quantitative estimate of drug-likeness (QED) is 0.443. The third-order valence-corrected chi connectivity index (χ3v) is 0.685. The van der Waals surface area contributed by atoms with Crippen LogP contribution in [0.2, 0.25) is 0 Å². The van der Waals surface area contributed by atoms with E-state index in [2.05, 4.69) is 11.3 Å². The Morgan fingerprint density at radius 1 is 1.90 bits per heavy atom. The Bertz CT molecular complexity index is 112. The van der Waals surface area contributed by atoms with Crippen LogP contribution in [0.5, 0.6) is 0 Å². The number of carbonyl (C=O) groups excluding carboxylic acids is 1. The molecule has 4 N–H and O–H groups in total. The van der Waals surface area contributed by atoms with Crippen LogP contribution in [0.25, 0.3) is 0 Å². The Kier molecular flexibility index (Phi) is 7.42. The van der Waals surface area contributed by atoms with Crippen LogP contribution in [0.1, 0.15) is 6.92 Å². The fourth-order valence-electron chi connectivity index (χ4n) is 0.262. The molecule has 0 aliphatic heterocycles. The summed E-state index contributed by atoms with van der Waals surface area (Å²) in [7, 11) is 0. The van der Waals surface area contributed by atoms with Gasteiger partial charge in [0, 0.05) is 0 Å². The summed E-state index contributed by atoms with van der Waals surface area (Å²) in [6.45, 7) is 4.84. The molecular formula is C6H13NO3. The molecule has 0 aliphatic rings. The largest absolute Gasteiger partial charge is 0.460 e. The van der Waals surface area contributed by atoms with Crippen molar-refractivity contribution in [1.82, 2.24) is 6.15 Å². The lowest BCUT2D eigenvalue weighted by Gasteiger charge is -2.01. The van der Waals surface area contributed by atoms with Crippen molar-refractivity contribution in [3.8, 4) is 0 Å². The minimum Gasteiger partial charge on any atom is -0.460 e. The van der Waals surface area contributed by atoms with E-state index in [0.29, 0.717) is 0 Å². The van der Waals surface area contributed by atoms with Crippen molar-refractivity contribution in [1.29, 1.82) is 0 Å². The predicted molar refractivity (Wildman–Crippen MR) is 37.9 cm³/mol. The van der Waals surface area contributed by atoms with Crippen molar-refractivity contribution in [2.45, 2.75) is 13.0 Å². The first-order valence-electron chi connectivity index (χ1n) is 2.64. The summed E-state index contributed by atoms with van der Waals surface area (Å²) < 4.78 is 4.45. The molecule has 0 spiro atoms.